The summed E-state index contributed by atoms with van der Waals surface area (Å²) in [6.45, 7) is 1.81. The first-order chi connectivity index (χ1) is 11.4. The third-order valence-electron chi connectivity index (χ3n) is 3.37. The first-order valence-corrected chi connectivity index (χ1v) is 7.05. The number of hydrogen-bond donors (Lipinski definition) is 1. The Morgan fingerprint density at radius 2 is 1.88 bits per heavy atom. The summed E-state index contributed by atoms with van der Waals surface area (Å²) in [5.41, 5.74) is 0.729. The van der Waals surface area contributed by atoms with Crippen molar-refractivity contribution in [3.63, 3.8) is 0 Å². The lowest BCUT2D eigenvalue weighted by Crippen LogP contribution is -2.13. The van der Waals surface area contributed by atoms with Crippen molar-refractivity contribution in [2.24, 2.45) is 0 Å². The van der Waals surface area contributed by atoms with Crippen LogP contribution in [0.1, 0.15) is 24.2 Å². The standard InChI is InChI=1S/C15H13F3N6/c1-10(22-14-20-7-6-13(23-14)15(16,17)18)11-2-4-12(5-3-11)24-9-19-8-21-24/h2-10H,1H3,(H,20,22,23)/t10-/m1/s1. The minimum absolute atomic E-state index is 0.0716. The zero-order chi connectivity index (χ0) is 17.2. The number of halogens is 3. The van der Waals surface area contributed by atoms with Crippen molar-refractivity contribution in [2.45, 2.75) is 19.1 Å². The Balaban J connectivity index is 1.74. The summed E-state index contributed by atoms with van der Waals surface area (Å²) < 4.78 is 39.6. The van der Waals surface area contributed by atoms with Gasteiger partial charge >= 0.3 is 6.18 Å². The third-order valence-corrected chi connectivity index (χ3v) is 3.37. The number of alkyl halides is 3. The van der Waals surface area contributed by atoms with Crippen molar-refractivity contribution < 1.29 is 13.2 Å². The Bertz CT molecular complexity index is 799. The minimum Gasteiger partial charge on any atom is -0.348 e. The molecule has 0 radical (unpaired) electrons. The van der Waals surface area contributed by atoms with E-state index < -0.39 is 11.9 Å². The van der Waals surface area contributed by atoms with Crippen LogP contribution in [0.2, 0.25) is 0 Å². The van der Waals surface area contributed by atoms with Crippen molar-refractivity contribution in [3.05, 3.63) is 60.4 Å². The van der Waals surface area contributed by atoms with Gasteiger partial charge in [-0.3, -0.25) is 0 Å². The van der Waals surface area contributed by atoms with Gasteiger partial charge in [0, 0.05) is 6.20 Å². The number of anilines is 1. The summed E-state index contributed by atoms with van der Waals surface area (Å²) in [6, 6.07) is 7.95. The minimum atomic E-state index is -4.50. The highest BCUT2D eigenvalue weighted by Gasteiger charge is 2.32. The van der Waals surface area contributed by atoms with Crippen LogP contribution in [0.25, 0.3) is 5.69 Å². The lowest BCUT2D eigenvalue weighted by molar-refractivity contribution is -0.141. The number of nitrogens with zero attached hydrogens (tertiary/aromatic N) is 5. The van der Waals surface area contributed by atoms with Crippen molar-refractivity contribution >= 4 is 5.95 Å². The molecule has 1 N–H and O–H groups in total. The van der Waals surface area contributed by atoms with E-state index in [-0.39, 0.29) is 12.0 Å². The average molecular weight is 334 g/mol. The van der Waals surface area contributed by atoms with Gasteiger partial charge in [-0.15, -0.1) is 0 Å². The molecule has 124 valence electrons. The normalized spacial score (nSPS) is 12.8. The van der Waals surface area contributed by atoms with Gasteiger partial charge in [0.15, 0.2) is 0 Å². The molecule has 2 aromatic heterocycles. The lowest BCUT2D eigenvalue weighted by atomic mass is 10.1. The monoisotopic (exact) mass is 334 g/mol. The fourth-order valence-corrected chi connectivity index (χ4v) is 2.12. The first-order valence-electron chi connectivity index (χ1n) is 7.05. The maximum atomic E-state index is 12.7. The number of hydrogen-bond acceptors (Lipinski definition) is 5. The van der Waals surface area contributed by atoms with Gasteiger partial charge in [-0.2, -0.15) is 18.3 Å². The largest absolute Gasteiger partial charge is 0.433 e. The average Bonchev–Trinajstić information content (AvgIpc) is 3.09. The summed E-state index contributed by atoms with van der Waals surface area (Å²) in [4.78, 5) is 11.2. The summed E-state index contributed by atoms with van der Waals surface area (Å²) in [6.07, 6.45) is -0.406. The highest BCUT2D eigenvalue weighted by Crippen LogP contribution is 2.28. The predicted octanol–water partition coefficient (Wildman–Crippen LogP) is 3.25. The maximum Gasteiger partial charge on any atom is 0.433 e. The summed E-state index contributed by atoms with van der Waals surface area (Å²) >= 11 is 0. The number of rotatable bonds is 4. The van der Waals surface area contributed by atoms with Crippen LogP contribution in [0.4, 0.5) is 19.1 Å². The fourth-order valence-electron chi connectivity index (χ4n) is 2.12. The molecule has 0 aliphatic rings. The van der Waals surface area contributed by atoms with Crippen molar-refractivity contribution in [1.82, 2.24) is 24.7 Å². The molecular weight excluding hydrogens is 321 g/mol. The molecule has 6 nitrogen and oxygen atoms in total. The lowest BCUT2D eigenvalue weighted by Gasteiger charge is -2.15. The second kappa shape index (κ2) is 6.26. The first kappa shape index (κ1) is 15.9. The highest BCUT2D eigenvalue weighted by molar-refractivity contribution is 5.38. The molecule has 3 aromatic rings. The molecule has 24 heavy (non-hydrogen) atoms. The van der Waals surface area contributed by atoms with E-state index in [4.69, 9.17) is 0 Å². The van der Waals surface area contributed by atoms with Crippen molar-refractivity contribution in [2.75, 3.05) is 5.32 Å². The summed E-state index contributed by atoms with van der Waals surface area (Å²) in [5, 5.41) is 6.89. The molecule has 2 heterocycles. The van der Waals surface area contributed by atoms with Gasteiger partial charge in [0.2, 0.25) is 5.95 Å². The second-order valence-corrected chi connectivity index (χ2v) is 5.06. The molecule has 9 heteroatoms. The van der Waals surface area contributed by atoms with Crippen LogP contribution in [0.15, 0.2) is 49.2 Å². The summed E-state index contributed by atoms with van der Waals surface area (Å²) in [5.74, 6) is -0.0716. The van der Waals surface area contributed by atoms with Crippen LogP contribution in [0.5, 0.6) is 0 Å². The highest BCUT2D eigenvalue weighted by atomic mass is 19.4. The Labute approximate surface area is 135 Å². The van der Waals surface area contributed by atoms with Gasteiger partial charge < -0.3 is 5.32 Å². The SMILES string of the molecule is C[C@@H](Nc1nccc(C(F)(F)F)n1)c1ccc(-n2cncn2)cc1. The van der Waals surface area contributed by atoms with Crippen LogP contribution in [-0.4, -0.2) is 24.7 Å². The van der Waals surface area contributed by atoms with Crippen LogP contribution in [0, 0.1) is 0 Å². The van der Waals surface area contributed by atoms with E-state index in [9.17, 15) is 13.2 Å². The Kier molecular flexibility index (Phi) is 4.15. The molecule has 0 amide bonds. The third kappa shape index (κ3) is 3.50. The molecule has 3 rings (SSSR count). The van der Waals surface area contributed by atoms with Gasteiger partial charge in [0.05, 0.1) is 11.7 Å². The summed E-state index contributed by atoms with van der Waals surface area (Å²) in [7, 11) is 0. The van der Waals surface area contributed by atoms with Crippen molar-refractivity contribution in [1.29, 1.82) is 0 Å². The molecule has 1 aromatic carbocycles. The van der Waals surface area contributed by atoms with E-state index >= 15 is 0 Å². The molecule has 0 saturated heterocycles. The van der Waals surface area contributed by atoms with E-state index in [1.54, 1.807) is 11.0 Å². The zero-order valence-corrected chi connectivity index (χ0v) is 12.6. The number of nitrogens with one attached hydrogen (secondary N) is 1. The molecule has 0 unspecified atom stereocenters. The van der Waals surface area contributed by atoms with E-state index in [1.807, 2.05) is 31.2 Å². The molecule has 0 fully saturated rings. The quantitative estimate of drug-likeness (QED) is 0.793. The van der Waals surface area contributed by atoms with Crippen molar-refractivity contribution in [3.8, 4) is 5.69 Å². The molecule has 0 spiro atoms. The van der Waals surface area contributed by atoms with Crippen LogP contribution < -0.4 is 5.32 Å². The predicted molar refractivity (Wildman–Crippen MR) is 80.4 cm³/mol. The topological polar surface area (TPSA) is 68.5 Å². The van der Waals surface area contributed by atoms with Gasteiger partial charge in [0.25, 0.3) is 0 Å². The molecule has 0 saturated carbocycles. The van der Waals surface area contributed by atoms with Gasteiger partial charge in [-0.25, -0.2) is 19.6 Å². The molecule has 1 atom stereocenters. The molecule has 0 aliphatic carbocycles. The van der Waals surface area contributed by atoms with Gasteiger partial charge in [-0.05, 0) is 30.7 Å². The van der Waals surface area contributed by atoms with E-state index in [0.29, 0.717) is 0 Å². The molecule has 0 bridgehead atoms. The van der Waals surface area contributed by atoms with E-state index in [0.717, 1.165) is 23.5 Å². The van der Waals surface area contributed by atoms with Crippen LogP contribution in [-0.2, 0) is 6.18 Å². The van der Waals surface area contributed by atoms with Gasteiger partial charge in [0.1, 0.15) is 18.3 Å². The van der Waals surface area contributed by atoms with E-state index in [1.165, 1.54) is 6.33 Å². The Hall–Kier alpha value is -2.97. The molecule has 0 aliphatic heterocycles. The van der Waals surface area contributed by atoms with Gasteiger partial charge in [-0.1, -0.05) is 12.1 Å². The van der Waals surface area contributed by atoms with Crippen LogP contribution in [0.3, 0.4) is 0 Å². The maximum absolute atomic E-state index is 12.7. The number of aromatic nitrogens is 5. The second-order valence-electron chi connectivity index (χ2n) is 5.06. The van der Waals surface area contributed by atoms with E-state index in [2.05, 4.69) is 25.4 Å². The Morgan fingerprint density at radius 3 is 2.50 bits per heavy atom. The van der Waals surface area contributed by atoms with Crippen LogP contribution >= 0.6 is 0 Å². The smallest absolute Gasteiger partial charge is 0.348 e. The number of benzene rings is 1. The fraction of sp³-hybridized carbons (Fsp3) is 0.200. The Morgan fingerprint density at radius 1 is 1.12 bits per heavy atom. The molecular formula is C15H13F3N6. The zero-order valence-electron chi connectivity index (χ0n) is 12.6.